The number of methoxy groups -OCH3 is 1. The van der Waals surface area contributed by atoms with E-state index >= 15 is 0 Å². The lowest BCUT2D eigenvalue weighted by molar-refractivity contribution is -0.135. The fraction of sp³-hybridized carbons (Fsp3) is 0.458. The summed E-state index contributed by atoms with van der Waals surface area (Å²) >= 11 is 0. The summed E-state index contributed by atoms with van der Waals surface area (Å²) in [6, 6.07) is 16.1. The molecule has 1 N–H and O–H groups in total. The lowest BCUT2D eigenvalue weighted by Gasteiger charge is -2.51. The number of phenols is 1. The van der Waals surface area contributed by atoms with Gasteiger partial charge in [-0.15, -0.1) is 0 Å². The molecule has 5 nitrogen and oxygen atoms in total. The molecule has 4 heterocycles. The Bertz CT molecular complexity index is 889. The van der Waals surface area contributed by atoms with Crippen LogP contribution < -0.4 is 4.74 Å². The number of piperidine rings is 3. The number of nitrogens with zero attached hydrogens (tertiary/aromatic N) is 2. The molecule has 152 valence electrons. The van der Waals surface area contributed by atoms with Crippen molar-refractivity contribution in [1.82, 2.24) is 9.80 Å². The van der Waals surface area contributed by atoms with Crippen molar-refractivity contribution in [2.75, 3.05) is 26.7 Å². The first-order chi connectivity index (χ1) is 14.1. The number of carbonyl (C=O) groups is 1. The number of ether oxygens (including phenoxy) is 1. The Morgan fingerprint density at radius 2 is 1.86 bits per heavy atom. The van der Waals surface area contributed by atoms with E-state index in [9.17, 15) is 9.90 Å². The molecule has 2 bridgehead atoms. The zero-order valence-electron chi connectivity index (χ0n) is 16.8. The summed E-state index contributed by atoms with van der Waals surface area (Å²) in [7, 11) is 1.69. The minimum atomic E-state index is 0.176. The Hall–Kier alpha value is -2.53. The summed E-state index contributed by atoms with van der Waals surface area (Å²) in [6.45, 7) is 3.06. The van der Waals surface area contributed by atoms with E-state index in [1.54, 1.807) is 25.3 Å². The van der Waals surface area contributed by atoms with Crippen molar-refractivity contribution < 1.29 is 14.6 Å². The largest absolute Gasteiger partial charge is 0.508 e. The fourth-order valence-corrected chi connectivity index (χ4v) is 5.79. The third-order valence-electron chi connectivity index (χ3n) is 7.12. The molecule has 2 aromatic rings. The van der Waals surface area contributed by atoms with Crippen molar-refractivity contribution in [3.63, 3.8) is 0 Å². The van der Waals surface area contributed by atoms with Gasteiger partial charge in [-0.1, -0.05) is 24.3 Å². The molecule has 1 amide bonds. The van der Waals surface area contributed by atoms with Gasteiger partial charge in [-0.3, -0.25) is 9.69 Å². The summed E-state index contributed by atoms with van der Waals surface area (Å²) in [5.74, 6) is 2.19. The van der Waals surface area contributed by atoms with Gasteiger partial charge in [-0.2, -0.15) is 0 Å². The molecule has 4 aliphatic rings. The zero-order valence-corrected chi connectivity index (χ0v) is 16.8. The van der Waals surface area contributed by atoms with Gasteiger partial charge >= 0.3 is 0 Å². The van der Waals surface area contributed by atoms with Gasteiger partial charge in [0.2, 0.25) is 5.91 Å². The minimum absolute atomic E-state index is 0.176. The number of likely N-dealkylation sites (tertiary alicyclic amines) is 1. The van der Waals surface area contributed by atoms with Gasteiger partial charge in [-0.25, -0.2) is 0 Å². The highest BCUT2D eigenvalue weighted by Gasteiger charge is 2.54. The number of carbonyl (C=O) groups excluding carboxylic acids is 1. The van der Waals surface area contributed by atoms with Gasteiger partial charge in [0.15, 0.2) is 0 Å². The number of phenolic OH excluding ortho intramolecular Hbond substituents is 1. The van der Waals surface area contributed by atoms with Gasteiger partial charge in [0.1, 0.15) is 11.5 Å². The zero-order chi connectivity index (χ0) is 20.0. The van der Waals surface area contributed by atoms with Crippen LogP contribution in [0.25, 0.3) is 0 Å². The van der Waals surface area contributed by atoms with E-state index in [0.717, 1.165) is 30.9 Å². The number of hydrogen-bond acceptors (Lipinski definition) is 4. The number of benzene rings is 2. The molecule has 5 heteroatoms. The van der Waals surface area contributed by atoms with Gasteiger partial charge in [0.05, 0.1) is 19.6 Å². The molecule has 0 aromatic heterocycles. The van der Waals surface area contributed by atoms with E-state index in [1.807, 2.05) is 18.2 Å². The van der Waals surface area contributed by atoms with Gasteiger partial charge in [-0.05, 0) is 67.2 Å². The molecule has 0 saturated carbocycles. The molecule has 0 radical (unpaired) electrons. The quantitative estimate of drug-likeness (QED) is 0.869. The van der Waals surface area contributed by atoms with Crippen LogP contribution in [0, 0.1) is 5.92 Å². The SMILES string of the molecule is COc1ccc([C@@H]2CN(C(=O)Cc3cccc(O)c3)[C@@H]3C4CCN(CC4)[C@@H]32)cc1. The third-order valence-corrected chi connectivity index (χ3v) is 7.12. The Kier molecular flexibility index (Phi) is 4.70. The van der Waals surface area contributed by atoms with Crippen LogP contribution in [-0.2, 0) is 11.2 Å². The molecular formula is C24H28N2O3. The van der Waals surface area contributed by atoms with Gasteiger partial charge < -0.3 is 14.7 Å². The van der Waals surface area contributed by atoms with Crippen LogP contribution in [0.15, 0.2) is 48.5 Å². The van der Waals surface area contributed by atoms with Crippen LogP contribution in [-0.4, -0.2) is 59.6 Å². The number of amides is 1. The van der Waals surface area contributed by atoms with Crippen LogP contribution >= 0.6 is 0 Å². The predicted octanol–water partition coefficient (Wildman–Crippen LogP) is 3.03. The first-order valence-corrected chi connectivity index (χ1v) is 10.6. The first kappa shape index (κ1) is 18.5. The van der Waals surface area contributed by atoms with Crippen LogP contribution in [0.5, 0.6) is 11.5 Å². The molecule has 29 heavy (non-hydrogen) atoms. The van der Waals surface area contributed by atoms with E-state index < -0.39 is 0 Å². The molecule has 0 spiro atoms. The van der Waals surface area contributed by atoms with Crippen LogP contribution in [0.1, 0.15) is 29.9 Å². The van der Waals surface area contributed by atoms with E-state index in [4.69, 9.17) is 4.74 Å². The Balaban J connectivity index is 1.43. The predicted molar refractivity (Wildman–Crippen MR) is 111 cm³/mol. The van der Waals surface area contributed by atoms with Crippen molar-refractivity contribution in [1.29, 1.82) is 0 Å². The highest BCUT2D eigenvalue weighted by Crippen LogP contribution is 2.46. The molecule has 3 atom stereocenters. The molecule has 0 unspecified atom stereocenters. The molecule has 6 rings (SSSR count). The van der Waals surface area contributed by atoms with Crippen LogP contribution in [0.2, 0.25) is 0 Å². The third kappa shape index (κ3) is 3.27. The number of hydrogen-bond donors (Lipinski definition) is 1. The molecule has 4 aliphatic heterocycles. The van der Waals surface area contributed by atoms with Crippen molar-refractivity contribution in [3.8, 4) is 11.5 Å². The normalized spacial score (nSPS) is 30.2. The molecule has 2 aromatic carbocycles. The minimum Gasteiger partial charge on any atom is -0.508 e. The average molecular weight is 392 g/mol. The summed E-state index contributed by atoms with van der Waals surface area (Å²) in [4.78, 5) is 18.1. The van der Waals surface area contributed by atoms with E-state index in [0.29, 0.717) is 30.3 Å². The van der Waals surface area contributed by atoms with Crippen molar-refractivity contribution in [2.24, 2.45) is 5.92 Å². The monoisotopic (exact) mass is 392 g/mol. The lowest BCUT2D eigenvalue weighted by Crippen LogP contribution is -2.60. The summed E-state index contributed by atoms with van der Waals surface area (Å²) in [5, 5.41) is 9.76. The van der Waals surface area contributed by atoms with Crippen molar-refractivity contribution >= 4 is 5.91 Å². The Morgan fingerprint density at radius 3 is 2.55 bits per heavy atom. The number of aromatic hydroxyl groups is 1. The summed E-state index contributed by atoms with van der Waals surface area (Å²) < 4.78 is 5.33. The molecular weight excluding hydrogens is 364 g/mol. The Morgan fingerprint density at radius 1 is 1.10 bits per heavy atom. The van der Waals surface area contributed by atoms with Crippen molar-refractivity contribution in [2.45, 2.75) is 37.3 Å². The highest BCUT2D eigenvalue weighted by atomic mass is 16.5. The smallest absolute Gasteiger partial charge is 0.227 e. The van der Waals surface area contributed by atoms with Gasteiger partial charge in [0.25, 0.3) is 0 Å². The maximum Gasteiger partial charge on any atom is 0.227 e. The summed E-state index contributed by atoms with van der Waals surface area (Å²) in [5.41, 5.74) is 2.17. The molecule has 0 aliphatic carbocycles. The highest BCUT2D eigenvalue weighted by molar-refractivity contribution is 5.80. The van der Waals surface area contributed by atoms with Crippen LogP contribution in [0.4, 0.5) is 0 Å². The standard InChI is InChI=1S/C24H28N2O3/c1-29-20-7-5-17(6-8-20)21-15-26(22(28)14-16-3-2-4-19(27)13-16)23-18-9-11-25(12-10-18)24(21)23/h2-8,13,18,21,23-24,27H,9-12,14-15H2,1H3/t21-,23+,24+/m0/s1. The maximum atomic E-state index is 13.3. The summed E-state index contributed by atoms with van der Waals surface area (Å²) in [6.07, 6.45) is 2.72. The lowest BCUT2D eigenvalue weighted by atomic mass is 9.75. The number of rotatable bonds is 4. The van der Waals surface area contributed by atoms with Crippen molar-refractivity contribution in [3.05, 3.63) is 59.7 Å². The Labute approximate surface area is 171 Å². The second-order valence-electron chi connectivity index (χ2n) is 8.63. The second kappa shape index (κ2) is 7.38. The van der Waals surface area contributed by atoms with E-state index in [-0.39, 0.29) is 11.7 Å². The first-order valence-electron chi connectivity index (χ1n) is 10.6. The average Bonchev–Trinajstić information content (AvgIpc) is 3.18. The van der Waals surface area contributed by atoms with E-state index in [1.165, 1.54) is 18.4 Å². The molecule has 4 saturated heterocycles. The second-order valence-corrected chi connectivity index (χ2v) is 8.63. The topological polar surface area (TPSA) is 53.0 Å². The maximum absolute atomic E-state index is 13.3. The number of fused-ring (bicyclic) bond motifs is 2. The van der Waals surface area contributed by atoms with E-state index in [2.05, 4.69) is 21.9 Å². The van der Waals surface area contributed by atoms with Crippen LogP contribution in [0.3, 0.4) is 0 Å². The molecule has 4 fully saturated rings. The van der Waals surface area contributed by atoms with Gasteiger partial charge in [0, 0.05) is 18.5 Å². The fourth-order valence-electron chi connectivity index (χ4n) is 5.79.